The molecule has 5 heteroatoms. The van der Waals surface area contributed by atoms with Crippen molar-refractivity contribution in [1.29, 1.82) is 0 Å². The first kappa shape index (κ1) is 13.5. The minimum Gasteiger partial charge on any atom is -0.467 e. The van der Waals surface area contributed by atoms with Crippen LogP contribution in [0.15, 0.2) is 53.3 Å². The number of carbonyl (C=O) groups is 1. The molecule has 0 amide bonds. The second-order valence-corrected chi connectivity index (χ2v) is 4.82. The van der Waals surface area contributed by atoms with E-state index in [1.165, 1.54) is 7.11 Å². The fourth-order valence-corrected chi connectivity index (χ4v) is 2.06. The number of hydrogen-bond acceptors (Lipinski definition) is 4. The second-order valence-electron chi connectivity index (χ2n) is 3.90. The zero-order valence-corrected chi connectivity index (χ0v) is 11.9. The Labute approximate surface area is 119 Å². The van der Waals surface area contributed by atoms with Crippen LogP contribution in [0.25, 0.3) is 0 Å². The van der Waals surface area contributed by atoms with E-state index in [4.69, 9.17) is 4.74 Å². The number of carbonyl (C=O) groups excluding carboxylic acids is 1. The van der Waals surface area contributed by atoms with Gasteiger partial charge in [-0.1, -0.05) is 30.3 Å². The minimum absolute atomic E-state index is 0.342. The van der Waals surface area contributed by atoms with Gasteiger partial charge in [-0.2, -0.15) is 0 Å². The lowest BCUT2D eigenvalue weighted by Crippen LogP contribution is -2.22. The minimum atomic E-state index is -0.553. The molecule has 0 radical (unpaired) electrons. The van der Waals surface area contributed by atoms with Crippen molar-refractivity contribution in [2.45, 2.75) is 6.04 Å². The third-order valence-corrected chi connectivity index (χ3v) is 3.02. The van der Waals surface area contributed by atoms with Crippen LogP contribution in [0.5, 0.6) is 0 Å². The van der Waals surface area contributed by atoms with Crippen LogP contribution < -0.4 is 5.32 Å². The van der Waals surface area contributed by atoms with Crippen molar-refractivity contribution in [2.75, 3.05) is 12.4 Å². The third-order valence-electron chi connectivity index (χ3n) is 2.59. The molecule has 19 heavy (non-hydrogen) atoms. The van der Waals surface area contributed by atoms with Crippen molar-refractivity contribution in [3.63, 3.8) is 0 Å². The van der Waals surface area contributed by atoms with Crippen LogP contribution in [0.1, 0.15) is 11.6 Å². The number of nitrogens with zero attached hydrogens (tertiary/aromatic N) is 1. The topological polar surface area (TPSA) is 51.2 Å². The van der Waals surface area contributed by atoms with Crippen molar-refractivity contribution in [3.05, 3.63) is 58.8 Å². The van der Waals surface area contributed by atoms with Crippen molar-refractivity contribution >= 4 is 27.6 Å². The lowest BCUT2D eigenvalue weighted by Gasteiger charge is -2.17. The van der Waals surface area contributed by atoms with E-state index < -0.39 is 6.04 Å². The summed E-state index contributed by atoms with van der Waals surface area (Å²) in [5.74, 6) is -0.342. The molecule has 0 aliphatic carbocycles. The van der Waals surface area contributed by atoms with Gasteiger partial charge in [-0.3, -0.25) is 4.98 Å². The zero-order chi connectivity index (χ0) is 13.7. The number of esters is 1. The highest BCUT2D eigenvalue weighted by Crippen LogP contribution is 2.22. The predicted octanol–water partition coefficient (Wildman–Crippen LogP) is 3.17. The van der Waals surface area contributed by atoms with E-state index in [2.05, 4.69) is 26.2 Å². The van der Waals surface area contributed by atoms with E-state index in [0.717, 1.165) is 15.7 Å². The van der Waals surface area contributed by atoms with E-state index >= 15 is 0 Å². The van der Waals surface area contributed by atoms with Crippen molar-refractivity contribution in [2.24, 2.45) is 0 Å². The number of aromatic nitrogens is 1. The van der Waals surface area contributed by atoms with E-state index in [0.29, 0.717) is 0 Å². The standard InChI is InChI=1S/C14H13BrN2O2/c1-19-14(18)13(10-5-3-2-4-6-10)17-12-7-11(15)8-16-9-12/h2-9,13,17H,1H3. The van der Waals surface area contributed by atoms with E-state index in [1.807, 2.05) is 36.4 Å². The van der Waals surface area contributed by atoms with Gasteiger partial charge in [0.25, 0.3) is 0 Å². The van der Waals surface area contributed by atoms with Crippen LogP contribution in [-0.2, 0) is 9.53 Å². The van der Waals surface area contributed by atoms with Gasteiger partial charge < -0.3 is 10.1 Å². The lowest BCUT2D eigenvalue weighted by atomic mass is 10.1. The van der Waals surface area contributed by atoms with Crippen LogP contribution in [0.2, 0.25) is 0 Å². The van der Waals surface area contributed by atoms with Gasteiger partial charge in [-0.15, -0.1) is 0 Å². The van der Waals surface area contributed by atoms with Crippen LogP contribution in [0, 0.1) is 0 Å². The molecule has 0 aliphatic rings. The molecule has 0 spiro atoms. The molecule has 98 valence electrons. The number of hydrogen-bond donors (Lipinski definition) is 1. The quantitative estimate of drug-likeness (QED) is 0.879. The summed E-state index contributed by atoms with van der Waals surface area (Å²) < 4.78 is 5.68. The van der Waals surface area contributed by atoms with E-state index in [1.54, 1.807) is 12.4 Å². The van der Waals surface area contributed by atoms with Gasteiger partial charge in [-0.05, 0) is 27.6 Å². The first-order valence-electron chi connectivity index (χ1n) is 5.70. The Kier molecular flexibility index (Phi) is 4.52. The van der Waals surface area contributed by atoms with Crippen molar-refractivity contribution in [3.8, 4) is 0 Å². The number of pyridine rings is 1. The zero-order valence-electron chi connectivity index (χ0n) is 10.3. The smallest absolute Gasteiger partial charge is 0.332 e. The molecule has 1 atom stereocenters. The summed E-state index contributed by atoms with van der Waals surface area (Å²) in [6.45, 7) is 0. The average molecular weight is 321 g/mol. The van der Waals surface area contributed by atoms with Crippen molar-refractivity contribution in [1.82, 2.24) is 4.98 Å². The Morgan fingerprint density at radius 3 is 2.68 bits per heavy atom. The highest BCUT2D eigenvalue weighted by Gasteiger charge is 2.21. The molecular weight excluding hydrogens is 308 g/mol. The van der Waals surface area contributed by atoms with Gasteiger partial charge in [0.15, 0.2) is 6.04 Å². The van der Waals surface area contributed by atoms with Crippen LogP contribution >= 0.6 is 15.9 Å². The Morgan fingerprint density at radius 1 is 1.32 bits per heavy atom. The molecule has 1 heterocycles. The maximum atomic E-state index is 11.9. The molecule has 0 bridgehead atoms. The number of benzene rings is 1. The summed E-state index contributed by atoms with van der Waals surface area (Å²) in [5.41, 5.74) is 1.59. The Morgan fingerprint density at radius 2 is 2.05 bits per heavy atom. The summed E-state index contributed by atoms with van der Waals surface area (Å²) >= 11 is 3.34. The molecule has 1 unspecified atom stereocenters. The van der Waals surface area contributed by atoms with Crippen LogP contribution in [-0.4, -0.2) is 18.1 Å². The molecule has 0 fully saturated rings. The fourth-order valence-electron chi connectivity index (χ4n) is 1.70. The number of rotatable bonds is 4. The van der Waals surface area contributed by atoms with Gasteiger partial charge >= 0.3 is 5.97 Å². The molecule has 4 nitrogen and oxygen atoms in total. The number of ether oxygens (including phenoxy) is 1. The van der Waals surface area contributed by atoms with Gasteiger partial charge in [0.05, 0.1) is 19.0 Å². The number of halogens is 1. The molecule has 1 N–H and O–H groups in total. The van der Waals surface area contributed by atoms with E-state index in [9.17, 15) is 4.79 Å². The molecule has 2 aromatic rings. The number of anilines is 1. The normalized spacial score (nSPS) is 11.7. The number of nitrogens with one attached hydrogen (secondary N) is 1. The van der Waals surface area contributed by atoms with E-state index in [-0.39, 0.29) is 5.97 Å². The Bertz CT molecular complexity index is 560. The van der Waals surface area contributed by atoms with Crippen LogP contribution in [0.4, 0.5) is 5.69 Å². The predicted molar refractivity (Wildman–Crippen MR) is 76.8 cm³/mol. The van der Waals surface area contributed by atoms with Gasteiger partial charge in [0.2, 0.25) is 0 Å². The summed E-state index contributed by atoms with van der Waals surface area (Å²) in [4.78, 5) is 15.9. The largest absolute Gasteiger partial charge is 0.467 e. The maximum absolute atomic E-state index is 11.9. The highest BCUT2D eigenvalue weighted by molar-refractivity contribution is 9.10. The Hall–Kier alpha value is -1.88. The molecule has 0 aliphatic heterocycles. The third kappa shape index (κ3) is 3.54. The monoisotopic (exact) mass is 320 g/mol. The fraction of sp³-hybridized carbons (Fsp3) is 0.143. The Balaban J connectivity index is 2.27. The maximum Gasteiger partial charge on any atom is 0.332 e. The summed E-state index contributed by atoms with van der Waals surface area (Å²) in [6, 6.07) is 10.7. The van der Waals surface area contributed by atoms with Gasteiger partial charge in [0.1, 0.15) is 0 Å². The summed E-state index contributed by atoms with van der Waals surface area (Å²) in [6.07, 6.45) is 3.34. The summed E-state index contributed by atoms with van der Waals surface area (Å²) in [7, 11) is 1.37. The molecule has 0 saturated carbocycles. The second kappa shape index (κ2) is 6.33. The molecule has 0 saturated heterocycles. The SMILES string of the molecule is COC(=O)C(Nc1cncc(Br)c1)c1ccccc1. The molecule has 1 aromatic heterocycles. The van der Waals surface area contributed by atoms with Gasteiger partial charge in [-0.25, -0.2) is 4.79 Å². The first-order valence-corrected chi connectivity index (χ1v) is 6.50. The lowest BCUT2D eigenvalue weighted by molar-refractivity contribution is -0.141. The first-order chi connectivity index (χ1) is 9.20. The van der Waals surface area contributed by atoms with Crippen molar-refractivity contribution < 1.29 is 9.53 Å². The number of methoxy groups -OCH3 is 1. The molecule has 1 aromatic carbocycles. The molecular formula is C14H13BrN2O2. The molecule has 2 rings (SSSR count). The average Bonchev–Trinajstić information content (AvgIpc) is 2.45. The van der Waals surface area contributed by atoms with Gasteiger partial charge in [0, 0.05) is 10.7 Å². The summed E-state index contributed by atoms with van der Waals surface area (Å²) in [5, 5.41) is 3.12. The van der Waals surface area contributed by atoms with Crippen LogP contribution in [0.3, 0.4) is 0 Å². The highest BCUT2D eigenvalue weighted by atomic mass is 79.9.